The zero-order chi connectivity index (χ0) is 37.0. The van der Waals surface area contributed by atoms with Crippen LogP contribution in [-0.4, -0.2) is 105 Å². The van der Waals surface area contributed by atoms with Gasteiger partial charge in [-0.2, -0.15) is 5.10 Å². The minimum atomic E-state index is -0.547. The van der Waals surface area contributed by atoms with Crippen molar-refractivity contribution in [1.29, 1.82) is 0 Å². The molecule has 0 bridgehead atoms. The Morgan fingerprint density at radius 2 is 1.48 bits per heavy atom. The maximum absolute atomic E-state index is 13.4. The van der Waals surface area contributed by atoms with Crippen LogP contribution in [0.15, 0.2) is 73.1 Å². The van der Waals surface area contributed by atoms with Crippen molar-refractivity contribution in [3.05, 3.63) is 95.4 Å². The lowest BCUT2D eigenvalue weighted by Gasteiger charge is -2.23. The second-order valence-electron chi connectivity index (χ2n) is 11.6. The Hall–Kier alpha value is -5.15. The van der Waals surface area contributed by atoms with Crippen LogP contribution in [0.3, 0.4) is 0 Å². The Morgan fingerprint density at radius 3 is 2.15 bits per heavy atom. The summed E-state index contributed by atoms with van der Waals surface area (Å²) in [4.78, 5) is 43.8. The number of nitrogens with two attached hydrogens (primary N) is 1. The van der Waals surface area contributed by atoms with Crippen LogP contribution in [0.5, 0.6) is 0 Å². The number of anilines is 2. The Kier molecular flexibility index (Phi) is 16.7. The Labute approximate surface area is 304 Å². The van der Waals surface area contributed by atoms with Crippen molar-refractivity contribution in [1.82, 2.24) is 20.5 Å². The standard InChI is InChI=1S/C38H49N7O7/c1-3-45(4-2)31-10-11-33(32(27-31)35-26-29(36(39)46)12-14-40-35)43-37(47)30-9-5-7-28(25-30)8-6-17-49-19-21-51-23-24-52-22-20-50-18-16-41-38(48)34-13-15-42-44-34/h5,7,9-15,25-27H,3-4,6,8,16-24H2,1-2H3,(H2,39,46)(H,41,48)(H,42,44)(H,43,47). The molecule has 3 amide bonds. The third kappa shape index (κ3) is 12.9. The van der Waals surface area contributed by atoms with Gasteiger partial charge in [-0.3, -0.25) is 24.5 Å². The van der Waals surface area contributed by atoms with Crippen LogP contribution < -0.4 is 21.3 Å². The first-order valence-electron chi connectivity index (χ1n) is 17.5. The molecule has 0 atom stereocenters. The van der Waals surface area contributed by atoms with Crippen molar-refractivity contribution in [3.63, 3.8) is 0 Å². The number of ether oxygens (including phenoxy) is 4. The summed E-state index contributed by atoms with van der Waals surface area (Å²) in [7, 11) is 0. The normalized spacial score (nSPS) is 11.0. The minimum absolute atomic E-state index is 0.222. The zero-order valence-corrected chi connectivity index (χ0v) is 29.9. The van der Waals surface area contributed by atoms with E-state index in [0.717, 1.165) is 37.2 Å². The van der Waals surface area contributed by atoms with E-state index in [0.29, 0.717) is 93.2 Å². The molecule has 0 fully saturated rings. The number of nitrogens with one attached hydrogen (secondary N) is 3. The first kappa shape index (κ1) is 39.6. The number of pyridine rings is 1. The van der Waals surface area contributed by atoms with E-state index in [1.54, 1.807) is 30.5 Å². The fourth-order valence-electron chi connectivity index (χ4n) is 5.29. The lowest BCUT2D eigenvalue weighted by Crippen LogP contribution is -2.28. The van der Waals surface area contributed by atoms with Crippen LogP contribution in [0, 0.1) is 0 Å². The molecule has 278 valence electrons. The van der Waals surface area contributed by atoms with Gasteiger partial charge in [0.05, 0.1) is 57.6 Å². The average molecular weight is 716 g/mol. The molecule has 0 radical (unpaired) electrons. The number of benzene rings is 2. The van der Waals surface area contributed by atoms with Gasteiger partial charge < -0.3 is 40.2 Å². The monoisotopic (exact) mass is 715 g/mol. The van der Waals surface area contributed by atoms with E-state index >= 15 is 0 Å². The quantitative estimate of drug-likeness (QED) is 0.0771. The highest BCUT2D eigenvalue weighted by atomic mass is 16.6. The van der Waals surface area contributed by atoms with Gasteiger partial charge in [0, 0.05) is 61.0 Å². The third-order valence-electron chi connectivity index (χ3n) is 8.04. The van der Waals surface area contributed by atoms with Gasteiger partial charge in [0.1, 0.15) is 5.69 Å². The molecule has 2 aromatic carbocycles. The van der Waals surface area contributed by atoms with Crippen molar-refractivity contribution >= 4 is 29.1 Å². The Balaban J connectivity index is 1.12. The van der Waals surface area contributed by atoms with Crippen molar-refractivity contribution < 1.29 is 33.3 Å². The molecule has 0 spiro atoms. The number of carbonyl (C=O) groups is 3. The number of aromatic nitrogens is 3. The van der Waals surface area contributed by atoms with E-state index in [-0.39, 0.29) is 11.8 Å². The summed E-state index contributed by atoms with van der Waals surface area (Å²) in [6.45, 7) is 9.85. The van der Waals surface area contributed by atoms with Gasteiger partial charge in [-0.15, -0.1) is 0 Å². The van der Waals surface area contributed by atoms with E-state index < -0.39 is 5.91 Å². The van der Waals surface area contributed by atoms with E-state index in [2.05, 4.69) is 44.6 Å². The molecule has 52 heavy (non-hydrogen) atoms. The molecular formula is C38H49N7O7. The molecule has 2 heterocycles. The van der Waals surface area contributed by atoms with Gasteiger partial charge >= 0.3 is 0 Å². The molecule has 0 aliphatic heterocycles. The molecular weight excluding hydrogens is 666 g/mol. The molecule has 2 aromatic heterocycles. The van der Waals surface area contributed by atoms with Gasteiger partial charge in [-0.1, -0.05) is 12.1 Å². The first-order chi connectivity index (χ1) is 25.4. The van der Waals surface area contributed by atoms with Crippen molar-refractivity contribution in [3.8, 4) is 11.3 Å². The van der Waals surface area contributed by atoms with Crippen LogP contribution in [-0.2, 0) is 25.4 Å². The van der Waals surface area contributed by atoms with Crippen molar-refractivity contribution in [2.24, 2.45) is 5.73 Å². The van der Waals surface area contributed by atoms with E-state index in [1.807, 2.05) is 36.4 Å². The summed E-state index contributed by atoms with van der Waals surface area (Å²) in [5.74, 6) is -1.02. The number of hydrogen-bond acceptors (Lipinski definition) is 10. The van der Waals surface area contributed by atoms with Crippen LogP contribution in [0.25, 0.3) is 11.3 Å². The smallest absolute Gasteiger partial charge is 0.269 e. The average Bonchev–Trinajstić information content (AvgIpc) is 3.71. The molecule has 0 aliphatic rings. The number of H-pyrrole nitrogens is 1. The predicted octanol–water partition coefficient (Wildman–Crippen LogP) is 4.10. The van der Waals surface area contributed by atoms with Crippen LogP contribution in [0.2, 0.25) is 0 Å². The lowest BCUT2D eigenvalue weighted by molar-refractivity contribution is -0.00158. The Morgan fingerprint density at radius 1 is 0.769 bits per heavy atom. The largest absolute Gasteiger partial charge is 0.379 e. The minimum Gasteiger partial charge on any atom is -0.379 e. The van der Waals surface area contributed by atoms with Gasteiger partial charge in [0.2, 0.25) is 5.91 Å². The van der Waals surface area contributed by atoms with Gasteiger partial charge in [0.25, 0.3) is 11.8 Å². The number of aromatic amines is 1. The molecule has 0 saturated carbocycles. The highest BCUT2D eigenvalue weighted by molar-refractivity contribution is 6.06. The van der Waals surface area contributed by atoms with Gasteiger partial charge in [-0.25, -0.2) is 0 Å². The van der Waals surface area contributed by atoms with Crippen molar-refractivity contribution in [2.45, 2.75) is 26.7 Å². The molecule has 14 heteroatoms. The molecule has 5 N–H and O–H groups in total. The van der Waals surface area contributed by atoms with Gasteiger partial charge in [-0.05, 0) is 80.8 Å². The Bertz CT molecular complexity index is 1700. The fourth-order valence-corrected chi connectivity index (χ4v) is 5.29. The summed E-state index contributed by atoms with van der Waals surface area (Å²) in [6, 6.07) is 18.2. The summed E-state index contributed by atoms with van der Waals surface area (Å²) < 4.78 is 22.2. The maximum atomic E-state index is 13.4. The van der Waals surface area contributed by atoms with E-state index in [1.165, 1.54) is 6.20 Å². The zero-order valence-electron chi connectivity index (χ0n) is 29.9. The summed E-state index contributed by atoms with van der Waals surface area (Å²) in [5.41, 5.74) is 10.6. The van der Waals surface area contributed by atoms with Gasteiger partial charge in [0.15, 0.2) is 0 Å². The van der Waals surface area contributed by atoms with E-state index in [4.69, 9.17) is 24.7 Å². The number of aryl methyl sites for hydroxylation is 1. The maximum Gasteiger partial charge on any atom is 0.269 e. The van der Waals surface area contributed by atoms with Crippen LogP contribution in [0.1, 0.15) is 57.0 Å². The number of carbonyl (C=O) groups excluding carboxylic acids is 3. The fraction of sp³-hybridized carbons (Fsp3) is 0.395. The van der Waals surface area contributed by atoms with Crippen molar-refractivity contribution in [2.75, 3.05) is 82.7 Å². The van der Waals surface area contributed by atoms with Crippen LogP contribution >= 0.6 is 0 Å². The molecule has 4 rings (SSSR count). The third-order valence-corrected chi connectivity index (χ3v) is 8.04. The SMILES string of the molecule is CCN(CC)c1ccc(NC(=O)c2cccc(CCCOCCOCCOCCOCCNC(=O)c3ccn[nH]3)c2)c(-c2cc(C(N)=O)ccn2)c1. The molecule has 4 aromatic rings. The highest BCUT2D eigenvalue weighted by Gasteiger charge is 2.16. The number of amides is 3. The highest BCUT2D eigenvalue weighted by Crippen LogP contribution is 2.32. The summed E-state index contributed by atoms with van der Waals surface area (Å²) in [5, 5.41) is 12.1. The lowest BCUT2D eigenvalue weighted by atomic mass is 10.0. The molecule has 14 nitrogen and oxygen atoms in total. The topological polar surface area (TPSA) is 183 Å². The van der Waals surface area contributed by atoms with E-state index in [9.17, 15) is 14.4 Å². The second kappa shape index (κ2) is 21.9. The second-order valence-corrected chi connectivity index (χ2v) is 11.6. The predicted molar refractivity (Wildman–Crippen MR) is 199 cm³/mol. The number of hydrogen-bond donors (Lipinski definition) is 4. The number of nitrogens with zero attached hydrogens (tertiary/aromatic N) is 3. The number of rotatable bonds is 24. The van der Waals surface area contributed by atoms with Crippen LogP contribution in [0.4, 0.5) is 11.4 Å². The summed E-state index contributed by atoms with van der Waals surface area (Å²) in [6.07, 6.45) is 4.61. The molecule has 0 saturated heterocycles. The molecule has 0 aliphatic carbocycles. The molecule has 0 unspecified atom stereocenters. The first-order valence-corrected chi connectivity index (χ1v) is 17.5. The summed E-state index contributed by atoms with van der Waals surface area (Å²) >= 11 is 0. The number of primary amides is 1.